The highest BCUT2D eigenvalue weighted by Gasteiger charge is 2.21. The molecule has 1 atom stereocenters. The fourth-order valence-corrected chi connectivity index (χ4v) is 2.31. The minimum absolute atomic E-state index is 0.0743. The second kappa shape index (κ2) is 14.6. The van der Waals surface area contributed by atoms with Crippen molar-refractivity contribution in [1.82, 2.24) is 0 Å². The van der Waals surface area contributed by atoms with Crippen molar-refractivity contribution in [2.24, 2.45) is 5.92 Å². The van der Waals surface area contributed by atoms with Gasteiger partial charge in [-0.15, -0.1) is 0 Å². The Labute approximate surface area is 135 Å². The van der Waals surface area contributed by atoms with Crippen LogP contribution < -0.4 is 0 Å². The summed E-state index contributed by atoms with van der Waals surface area (Å²) in [5.41, 5.74) is 0. The fraction of sp³-hybridized carbons (Fsp3) is 0.778. The molecular formula is C18H32O4. The van der Waals surface area contributed by atoms with Crippen LogP contribution in [0.15, 0.2) is 12.2 Å². The molecule has 0 saturated heterocycles. The Morgan fingerprint density at radius 2 is 1.55 bits per heavy atom. The van der Waals surface area contributed by atoms with Gasteiger partial charge >= 0.3 is 11.9 Å². The Bertz CT molecular complexity index is 323. The Morgan fingerprint density at radius 3 is 2.14 bits per heavy atom. The number of allylic oxidation sites excluding steroid dienone is 2. The Morgan fingerprint density at radius 1 is 0.909 bits per heavy atom. The van der Waals surface area contributed by atoms with Crippen molar-refractivity contribution in [3.8, 4) is 0 Å². The van der Waals surface area contributed by atoms with Crippen LogP contribution in [0.25, 0.3) is 0 Å². The summed E-state index contributed by atoms with van der Waals surface area (Å²) in [4.78, 5) is 22.9. The summed E-state index contributed by atoms with van der Waals surface area (Å²) in [7, 11) is 2.67. The number of rotatable bonds is 13. The zero-order valence-corrected chi connectivity index (χ0v) is 14.4. The lowest BCUT2D eigenvalue weighted by molar-refractivity contribution is -0.151. The largest absolute Gasteiger partial charge is 0.469 e. The summed E-state index contributed by atoms with van der Waals surface area (Å²) < 4.78 is 9.32. The molecule has 0 bridgehead atoms. The zero-order chi connectivity index (χ0) is 16.6. The van der Waals surface area contributed by atoms with Crippen molar-refractivity contribution in [2.45, 2.75) is 71.1 Å². The van der Waals surface area contributed by atoms with Gasteiger partial charge in [0.2, 0.25) is 0 Å². The first-order chi connectivity index (χ1) is 10.7. The minimum Gasteiger partial charge on any atom is -0.469 e. The normalized spacial score (nSPS) is 12.3. The summed E-state index contributed by atoms with van der Waals surface area (Å²) >= 11 is 0. The summed E-state index contributed by atoms with van der Waals surface area (Å²) in [6, 6.07) is 0. The van der Waals surface area contributed by atoms with E-state index >= 15 is 0 Å². The number of unbranched alkanes of at least 4 members (excludes halogenated alkanes) is 7. The molecule has 0 aromatic carbocycles. The highest BCUT2D eigenvalue weighted by molar-refractivity contribution is 5.79. The molecule has 0 spiro atoms. The molecule has 0 aromatic heterocycles. The number of hydrogen-bond donors (Lipinski definition) is 0. The van der Waals surface area contributed by atoms with Crippen LogP contribution in [-0.2, 0) is 19.1 Å². The molecule has 0 unspecified atom stereocenters. The maximum absolute atomic E-state index is 11.6. The Hall–Kier alpha value is -1.32. The van der Waals surface area contributed by atoms with Crippen LogP contribution in [0.2, 0.25) is 0 Å². The standard InChI is InChI=1S/C18H32O4/c1-4-5-6-7-8-9-10-11-12-13-14-16(18(20)22-3)15-17(19)21-2/h12-13,16H,4-11,14-15H2,1-3H3/b13-12-/t16-/m1/s1. The fourth-order valence-electron chi connectivity index (χ4n) is 2.31. The topological polar surface area (TPSA) is 52.6 Å². The van der Waals surface area contributed by atoms with E-state index in [2.05, 4.69) is 17.7 Å². The smallest absolute Gasteiger partial charge is 0.309 e. The van der Waals surface area contributed by atoms with Crippen LogP contribution in [0.4, 0.5) is 0 Å². The molecule has 22 heavy (non-hydrogen) atoms. The molecule has 0 rings (SSSR count). The van der Waals surface area contributed by atoms with E-state index in [9.17, 15) is 9.59 Å². The number of hydrogen-bond acceptors (Lipinski definition) is 4. The van der Waals surface area contributed by atoms with E-state index in [1.807, 2.05) is 6.08 Å². The maximum atomic E-state index is 11.6. The third-order valence-corrected chi connectivity index (χ3v) is 3.74. The second-order valence-electron chi connectivity index (χ2n) is 5.62. The molecule has 0 aliphatic heterocycles. The highest BCUT2D eigenvalue weighted by atomic mass is 16.5. The Balaban J connectivity index is 3.81. The van der Waals surface area contributed by atoms with Crippen molar-refractivity contribution in [2.75, 3.05) is 14.2 Å². The van der Waals surface area contributed by atoms with Gasteiger partial charge in [-0.2, -0.15) is 0 Å². The lowest BCUT2D eigenvalue weighted by atomic mass is 10.0. The van der Waals surface area contributed by atoms with Gasteiger partial charge in [-0.1, -0.05) is 57.6 Å². The van der Waals surface area contributed by atoms with E-state index in [4.69, 9.17) is 4.74 Å². The Kier molecular flexibility index (Phi) is 13.7. The van der Waals surface area contributed by atoms with Crippen LogP contribution in [0.1, 0.15) is 71.1 Å². The van der Waals surface area contributed by atoms with Crippen LogP contribution >= 0.6 is 0 Å². The molecule has 4 nitrogen and oxygen atoms in total. The van der Waals surface area contributed by atoms with Crippen molar-refractivity contribution >= 4 is 11.9 Å². The quantitative estimate of drug-likeness (QED) is 0.287. The molecule has 0 aliphatic carbocycles. The van der Waals surface area contributed by atoms with E-state index < -0.39 is 5.92 Å². The monoisotopic (exact) mass is 312 g/mol. The first-order valence-electron chi connectivity index (χ1n) is 8.45. The SMILES string of the molecule is CCCCCCCCC/C=C\C[C@H](CC(=O)OC)C(=O)OC. The molecule has 0 N–H and O–H groups in total. The van der Waals surface area contributed by atoms with E-state index in [-0.39, 0.29) is 18.4 Å². The highest BCUT2D eigenvalue weighted by Crippen LogP contribution is 2.14. The van der Waals surface area contributed by atoms with Gasteiger partial charge in [0.05, 0.1) is 26.6 Å². The van der Waals surface area contributed by atoms with Crippen molar-refractivity contribution < 1.29 is 19.1 Å². The van der Waals surface area contributed by atoms with Gasteiger partial charge in [0.15, 0.2) is 0 Å². The number of carbonyl (C=O) groups is 2. The molecule has 128 valence electrons. The van der Waals surface area contributed by atoms with E-state index in [1.165, 1.54) is 59.2 Å². The van der Waals surface area contributed by atoms with E-state index in [1.54, 1.807) is 0 Å². The van der Waals surface area contributed by atoms with Crippen LogP contribution in [0.5, 0.6) is 0 Å². The number of carbonyl (C=O) groups excluding carboxylic acids is 2. The molecule has 0 saturated carbocycles. The average molecular weight is 312 g/mol. The third-order valence-electron chi connectivity index (χ3n) is 3.74. The molecular weight excluding hydrogens is 280 g/mol. The molecule has 4 heteroatoms. The number of esters is 2. The van der Waals surface area contributed by atoms with Crippen LogP contribution in [-0.4, -0.2) is 26.2 Å². The maximum Gasteiger partial charge on any atom is 0.309 e. The lowest BCUT2D eigenvalue weighted by Crippen LogP contribution is -2.20. The molecule has 0 amide bonds. The first-order valence-corrected chi connectivity index (χ1v) is 8.45. The summed E-state index contributed by atoms with van der Waals surface area (Å²) in [6.07, 6.45) is 14.8. The van der Waals surface area contributed by atoms with Gasteiger partial charge in [0.25, 0.3) is 0 Å². The predicted molar refractivity (Wildman–Crippen MR) is 88.5 cm³/mol. The molecule has 0 heterocycles. The minimum atomic E-state index is -0.442. The summed E-state index contributed by atoms with van der Waals surface area (Å²) in [5.74, 6) is -1.18. The summed E-state index contributed by atoms with van der Waals surface area (Å²) in [6.45, 7) is 2.23. The molecule has 0 aromatic rings. The van der Waals surface area contributed by atoms with E-state index in [0.29, 0.717) is 6.42 Å². The first kappa shape index (κ1) is 20.7. The van der Waals surface area contributed by atoms with Gasteiger partial charge in [0, 0.05) is 0 Å². The predicted octanol–water partition coefficient (Wildman–Crippen LogP) is 4.43. The average Bonchev–Trinajstić information content (AvgIpc) is 2.54. The lowest BCUT2D eigenvalue weighted by Gasteiger charge is -2.10. The molecule has 0 radical (unpaired) electrons. The van der Waals surface area contributed by atoms with Gasteiger partial charge in [0.1, 0.15) is 0 Å². The third kappa shape index (κ3) is 11.4. The van der Waals surface area contributed by atoms with Crippen molar-refractivity contribution in [3.05, 3.63) is 12.2 Å². The second-order valence-corrected chi connectivity index (χ2v) is 5.62. The summed E-state index contributed by atoms with van der Waals surface area (Å²) in [5, 5.41) is 0. The van der Waals surface area contributed by atoms with E-state index in [0.717, 1.165) is 6.42 Å². The number of ether oxygens (including phenoxy) is 2. The zero-order valence-electron chi connectivity index (χ0n) is 14.4. The van der Waals surface area contributed by atoms with Gasteiger partial charge in [-0.3, -0.25) is 9.59 Å². The number of methoxy groups -OCH3 is 2. The van der Waals surface area contributed by atoms with Crippen LogP contribution in [0, 0.1) is 5.92 Å². The van der Waals surface area contributed by atoms with Gasteiger partial charge in [-0.05, 0) is 19.3 Å². The van der Waals surface area contributed by atoms with Gasteiger partial charge in [-0.25, -0.2) is 0 Å². The molecule has 0 aliphatic rings. The van der Waals surface area contributed by atoms with Gasteiger partial charge < -0.3 is 9.47 Å². The molecule has 0 fully saturated rings. The van der Waals surface area contributed by atoms with Crippen molar-refractivity contribution in [1.29, 1.82) is 0 Å². The van der Waals surface area contributed by atoms with Crippen molar-refractivity contribution in [3.63, 3.8) is 0 Å². The van der Waals surface area contributed by atoms with Crippen LogP contribution in [0.3, 0.4) is 0 Å².